The monoisotopic (exact) mass is 417 g/mol. The van der Waals surface area contributed by atoms with Gasteiger partial charge in [-0.1, -0.05) is 11.8 Å². The fourth-order valence-electron chi connectivity index (χ4n) is 2.43. The molecule has 0 aliphatic rings. The molecular weight excluding hydrogens is 398 g/mol. The number of anilines is 1. The standard InChI is InChI=1S/C19H19N3O4S2/c1-11-12(2)28-19-17(11)18(20-10-21-19)27-9-15(23)22-13-4-6-14(7-5-13)26-8-16(24)25-3/h4-7,10H,8-9H2,1-3H3,(H,22,23). The molecule has 7 nitrogen and oxygen atoms in total. The van der Waals surface area contributed by atoms with Gasteiger partial charge in [0.25, 0.3) is 0 Å². The van der Waals surface area contributed by atoms with E-state index in [1.807, 2.05) is 6.92 Å². The van der Waals surface area contributed by atoms with Crippen LogP contribution in [-0.2, 0) is 14.3 Å². The number of benzene rings is 1. The van der Waals surface area contributed by atoms with Crippen molar-refractivity contribution in [1.29, 1.82) is 0 Å². The molecule has 0 saturated carbocycles. The molecule has 146 valence electrons. The summed E-state index contributed by atoms with van der Waals surface area (Å²) < 4.78 is 9.79. The summed E-state index contributed by atoms with van der Waals surface area (Å²) in [7, 11) is 1.30. The van der Waals surface area contributed by atoms with Gasteiger partial charge in [-0.05, 0) is 43.7 Å². The maximum absolute atomic E-state index is 12.3. The third-order valence-corrected chi connectivity index (χ3v) is 6.10. The Balaban J connectivity index is 1.57. The Labute approximate surface area is 170 Å². The molecule has 2 aromatic heterocycles. The Hall–Kier alpha value is -2.65. The van der Waals surface area contributed by atoms with Crippen LogP contribution in [0.25, 0.3) is 10.2 Å². The number of carbonyl (C=O) groups is 2. The van der Waals surface area contributed by atoms with Gasteiger partial charge < -0.3 is 14.8 Å². The van der Waals surface area contributed by atoms with Crippen LogP contribution in [-0.4, -0.2) is 41.3 Å². The number of hydrogen-bond donors (Lipinski definition) is 1. The van der Waals surface area contributed by atoms with E-state index in [-0.39, 0.29) is 18.3 Å². The first-order valence-corrected chi connectivity index (χ1v) is 10.2. The first kappa shape index (κ1) is 20.1. The van der Waals surface area contributed by atoms with Crippen LogP contribution in [0.3, 0.4) is 0 Å². The number of thiophene rings is 1. The van der Waals surface area contributed by atoms with E-state index in [2.05, 4.69) is 26.9 Å². The quantitative estimate of drug-likeness (QED) is 0.357. The second-order valence-corrected chi connectivity index (χ2v) is 8.04. The Bertz CT molecular complexity index is 1000. The number of methoxy groups -OCH3 is 1. The normalized spacial score (nSPS) is 10.7. The highest BCUT2D eigenvalue weighted by molar-refractivity contribution is 8.00. The molecule has 1 amide bonds. The Morgan fingerprint density at radius 3 is 2.64 bits per heavy atom. The number of ether oxygens (including phenoxy) is 2. The molecule has 0 fully saturated rings. The average molecular weight is 418 g/mol. The lowest BCUT2D eigenvalue weighted by molar-refractivity contribution is -0.142. The van der Waals surface area contributed by atoms with E-state index in [1.165, 1.54) is 30.1 Å². The highest BCUT2D eigenvalue weighted by Crippen LogP contribution is 2.34. The number of nitrogens with one attached hydrogen (secondary N) is 1. The maximum Gasteiger partial charge on any atom is 0.343 e. The van der Waals surface area contributed by atoms with E-state index in [0.717, 1.165) is 20.8 Å². The zero-order chi connectivity index (χ0) is 20.1. The number of carbonyl (C=O) groups excluding carboxylic acids is 2. The number of thioether (sulfide) groups is 1. The number of aromatic nitrogens is 2. The van der Waals surface area contributed by atoms with Crippen molar-refractivity contribution < 1.29 is 19.1 Å². The lowest BCUT2D eigenvalue weighted by atomic mass is 10.2. The molecule has 0 unspecified atom stereocenters. The van der Waals surface area contributed by atoms with Gasteiger partial charge in [-0.3, -0.25) is 4.79 Å². The maximum atomic E-state index is 12.3. The SMILES string of the molecule is COC(=O)COc1ccc(NC(=O)CSc2ncnc3sc(C)c(C)c23)cc1. The third-order valence-electron chi connectivity index (χ3n) is 3.99. The molecule has 3 rings (SSSR count). The van der Waals surface area contributed by atoms with Gasteiger partial charge in [0.15, 0.2) is 6.61 Å². The van der Waals surface area contributed by atoms with Crippen molar-refractivity contribution in [3.05, 3.63) is 41.0 Å². The van der Waals surface area contributed by atoms with Crippen LogP contribution >= 0.6 is 23.1 Å². The topological polar surface area (TPSA) is 90.4 Å². The second-order valence-electron chi connectivity index (χ2n) is 5.87. The second kappa shape index (κ2) is 9.03. The Morgan fingerprint density at radius 1 is 1.18 bits per heavy atom. The fraction of sp³-hybridized carbons (Fsp3) is 0.263. The van der Waals surface area contributed by atoms with E-state index in [1.54, 1.807) is 35.6 Å². The smallest absolute Gasteiger partial charge is 0.343 e. The molecule has 2 heterocycles. The minimum Gasteiger partial charge on any atom is -0.482 e. The van der Waals surface area contributed by atoms with Gasteiger partial charge in [-0.25, -0.2) is 14.8 Å². The molecule has 0 aliphatic carbocycles. The van der Waals surface area contributed by atoms with Crippen molar-refractivity contribution in [2.24, 2.45) is 0 Å². The molecule has 9 heteroatoms. The van der Waals surface area contributed by atoms with E-state index in [9.17, 15) is 9.59 Å². The van der Waals surface area contributed by atoms with Crippen molar-refractivity contribution in [1.82, 2.24) is 9.97 Å². The summed E-state index contributed by atoms with van der Waals surface area (Å²) in [5.41, 5.74) is 1.80. The summed E-state index contributed by atoms with van der Waals surface area (Å²) >= 11 is 3.02. The highest BCUT2D eigenvalue weighted by atomic mass is 32.2. The van der Waals surface area contributed by atoms with E-state index >= 15 is 0 Å². The fourth-order valence-corrected chi connectivity index (χ4v) is 4.34. The van der Waals surface area contributed by atoms with Crippen LogP contribution in [0.15, 0.2) is 35.6 Å². The molecule has 1 N–H and O–H groups in total. The molecule has 0 saturated heterocycles. The number of rotatable bonds is 7. The van der Waals surface area contributed by atoms with Crippen molar-refractivity contribution >= 4 is 50.9 Å². The van der Waals surface area contributed by atoms with E-state index in [0.29, 0.717) is 11.4 Å². The van der Waals surface area contributed by atoms with Crippen molar-refractivity contribution in [2.75, 3.05) is 24.8 Å². The number of amides is 1. The summed E-state index contributed by atoms with van der Waals surface area (Å²) in [6, 6.07) is 6.78. The van der Waals surface area contributed by atoms with Gasteiger partial charge in [0.05, 0.1) is 12.9 Å². The van der Waals surface area contributed by atoms with Crippen LogP contribution < -0.4 is 10.1 Å². The van der Waals surface area contributed by atoms with Crippen LogP contribution in [0, 0.1) is 13.8 Å². The number of esters is 1. The van der Waals surface area contributed by atoms with Crippen molar-refractivity contribution in [3.8, 4) is 5.75 Å². The molecular formula is C19H19N3O4S2. The summed E-state index contributed by atoms with van der Waals surface area (Å²) in [5, 5.41) is 4.67. The zero-order valence-electron chi connectivity index (χ0n) is 15.6. The van der Waals surface area contributed by atoms with Crippen LogP contribution in [0.4, 0.5) is 5.69 Å². The predicted octanol–water partition coefficient (Wildman–Crippen LogP) is 3.59. The van der Waals surface area contributed by atoms with Gasteiger partial charge >= 0.3 is 5.97 Å². The lowest BCUT2D eigenvalue weighted by Gasteiger charge is -2.08. The zero-order valence-corrected chi connectivity index (χ0v) is 17.3. The van der Waals surface area contributed by atoms with Gasteiger partial charge in [-0.2, -0.15) is 0 Å². The van der Waals surface area contributed by atoms with Gasteiger partial charge in [0, 0.05) is 16.0 Å². The average Bonchev–Trinajstić information content (AvgIpc) is 3.00. The van der Waals surface area contributed by atoms with E-state index in [4.69, 9.17) is 4.74 Å². The number of fused-ring (bicyclic) bond motifs is 1. The molecule has 3 aromatic rings. The molecule has 0 bridgehead atoms. The molecule has 0 atom stereocenters. The van der Waals surface area contributed by atoms with Gasteiger partial charge in [-0.15, -0.1) is 11.3 Å². The van der Waals surface area contributed by atoms with Crippen LogP contribution in [0.2, 0.25) is 0 Å². The molecule has 0 spiro atoms. The first-order valence-electron chi connectivity index (χ1n) is 8.41. The van der Waals surface area contributed by atoms with Crippen molar-refractivity contribution in [2.45, 2.75) is 18.9 Å². The summed E-state index contributed by atoms with van der Waals surface area (Å²) in [4.78, 5) is 34.2. The minimum atomic E-state index is -0.454. The first-order chi connectivity index (χ1) is 13.5. The van der Waals surface area contributed by atoms with Gasteiger partial charge in [0.1, 0.15) is 21.9 Å². The highest BCUT2D eigenvalue weighted by Gasteiger charge is 2.14. The molecule has 28 heavy (non-hydrogen) atoms. The summed E-state index contributed by atoms with van der Waals surface area (Å²) in [6.07, 6.45) is 1.53. The van der Waals surface area contributed by atoms with Crippen molar-refractivity contribution in [3.63, 3.8) is 0 Å². The number of nitrogens with zero attached hydrogens (tertiary/aromatic N) is 2. The molecule has 0 aliphatic heterocycles. The Morgan fingerprint density at radius 2 is 1.93 bits per heavy atom. The lowest BCUT2D eigenvalue weighted by Crippen LogP contribution is -2.14. The number of hydrogen-bond acceptors (Lipinski definition) is 8. The summed E-state index contributed by atoms with van der Waals surface area (Å²) in [5.74, 6) is 0.166. The largest absolute Gasteiger partial charge is 0.482 e. The van der Waals surface area contributed by atoms with E-state index < -0.39 is 5.97 Å². The van der Waals surface area contributed by atoms with Crippen LogP contribution in [0.1, 0.15) is 10.4 Å². The molecule has 1 aromatic carbocycles. The minimum absolute atomic E-state index is 0.135. The van der Waals surface area contributed by atoms with Crippen LogP contribution in [0.5, 0.6) is 5.75 Å². The predicted molar refractivity (Wildman–Crippen MR) is 110 cm³/mol. The Kier molecular flexibility index (Phi) is 6.48. The summed E-state index contributed by atoms with van der Waals surface area (Å²) in [6.45, 7) is 3.95. The number of aryl methyl sites for hydroxylation is 2. The third kappa shape index (κ3) is 4.79. The van der Waals surface area contributed by atoms with Gasteiger partial charge in [0.2, 0.25) is 5.91 Å². The molecule has 0 radical (unpaired) electrons.